The number of carbonyl (C=O) groups excluding carboxylic acids is 2. The van der Waals surface area contributed by atoms with Crippen LogP contribution in [0.1, 0.15) is 18.1 Å². The first kappa shape index (κ1) is 16.1. The van der Waals surface area contributed by atoms with Crippen molar-refractivity contribution in [3.8, 4) is 6.07 Å². The van der Waals surface area contributed by atoms with Gasteiger partial charge in [-0.15, -0.1) is 0 Å². The van der Waals surface area contributed by atoms with E-state index in [1.54, 1.807) is 30.3 Å². The Morgan fingerprint density at radius 1 is 1.00 bits per heavy atom. The van der Waals surface area contributed by atoms with Gasteiger partial charge < -0.3 is 0 Å². The molecular weight excluding hydrogens is 359 g/mol. The summed E-state index contributed by atoms with van der Waals surface area (Å²) in [7, 11) is 0. The molecule has 25 heavy (non-hydrogen) atoms. The van der Waals surface area contributed by atoms with E-state index in [2.05, 4.69) is 6.07 Å². The Labute approximate surface area is 154 Å². The molecule has 1 heterocycles. The van der Waals surface area contributed by atoms with Gasteiger partial charge in [0, 0.05) is 15.5 Å². The maximum absolute atomic E-state index is 12.9. The molecule has 2 amide bonds. The Morgan fingerprint density at radius 3 is 2.00 bits per heavy atom. The monoisotopic (exact) mass is 370 g/mol. The first-order valence-electron chi connectivity index (χ1n) is 7.72. The molecular formula is C19H12Cl2N2O2. The molecule has 1 aliphatic heterocycles. The van der Waals surface area contributed by atoms with E-state index in [0.717, 1.165) is 5.56 Å². The zero-order valence-electron chi connectivity index (χ0n) is 13.2. The van der Waals surface area contributed by atoms with Crippen molar-refractivity contribution < 1.29 is 9.59 Å². The number of rotatable bonds is 2. The molecule has 124 valence electrons. The van der Waals surface area contributed by atoms with Crippen LogP contribution < -0.4 is 4.90 Å². The van der Waals surface area contributed by atoms with Crippen LogP contribution in [0.2, 0.25) is 10.0 Å². The van der Waals surface area contributed by atoms with Crippen molar-refractivity contribution in [3.05, 3.63) is 63.6 Å². The Hall–Kier alpha value is -2.35. The fourth-order valence-corrected chi connectivity index (χ4v) is 4.40. The van der Waals surface area contributed by atoms with Gasteiger partial charge in [0.1, 0.15) is 0 Å². The van der Waals surface area contributed by atoms with E-state index in [1.807, 2.05) is 19.1 Å². The van der Waals surface area contributed by atoms with Crippen molar-refractivity contribution in [2.45, 2.75) is 12.3 Å². The number of hydrogen-bond acceptors (Lipinski definition) is 3. The Kier molecular flexibility index (Phi) is 3.44. The lowest BCUT2D eigenvalue weighted by molar-refractivity contribution is -0.124. The molecule has 4 nitrogen and oxygen atoms in total. The summed E-state index contributed by atoms with van der Waals surface area (Å²) in [5.74, 6) is -1.27. The molecule has 1 saturated heterocycles. The molecule has 0 radical (unpaired) electrons. The third-order valence-corrected chi connectivity index (χ3v) is 5.67. The second-order valence-electron chi connectivity index (χ2n) is 6.57. The van der Waals surface area contributed by atoms with Crippen LogP contribution in [0, 0.1) is 23.2 Å². The van der Waals surface area contributed by atoms with Crippen molar-refractivity contribution >= 4 is 40.7 Å². The summed E-state index contributed by atoms with van der Waals surface area (Å²) in [6.45, 7) is 1.92. The summed E-state index contributed by atoms with van der Waals surface area (Å²) in [6, 6.07) is 13.8. The van der Waals surface area contributed by atoms with Crippen LogP contribution in [0.4, 0.5) is 5.69 Å². The summed E-state index contributed by atoms with van der Waals surface area (Å²) in [5, 5.41) is 9.66. The van der Waals surface area contributed by atoms with E-state index in [-0.39, 0.29) is 11.8 Å². The van der Waals surface area contributed by atoms with Crippen LogP contribution in [0.15, 0.2) is 42.5 Å². The van der Waals surface area contributed by atoms with Gasteiger partial charge in [-0.3, -0.25) is 9.59 Å². The van der Waals surface area contributed by atoms with Gasteiger partial charge >= 0.3 is 0 Å². The largest absolute Gasteiger partial charge is 0.274 e. The number of imide groups is 1. The third-order valence-electron chi connectivity index (χ3n) is 5.23. The maximum Gasteiger partial charge on any atom is 0.238 e. The second-order valence-corrected chi connectivity index (χ2v) is 7.44. The highest BCUT2D eigenvalue weighted by Crippen LogP contribution is 2.64. The second kappa shape index (κ2) is 5.32. The molecule has 2 aromatic carbocycles. The van der Waals surface area contributed by atoms with Crippen LogP contribution in [-0.4, -0.2) is 11.8 Å². The normalized spacial score (nSPS) is 27.2. The first-order chi connectivity index (χ1) is 11.9. The van der Waals surface area contributed by atoms with Crippen molar-refractivity contribution in [1.82, 2.24) is 0 Å². The number of fused-ring (bicyclic) bond motifs is 1. The van der Waals surface area contributed by atoms with E-state index < -0.39 is 17.3 Å². The summed E-state index contributed by atoms with van der Waals surface area (Å²) in [5.41, 5.74) is 1.32. The quantitative estimate of drug-likeness (QED) is 0.752. The molecule has 2 unspecified atom stereocenters. The van der Waals surface area contributed by atoms with Gasteiger partial charge in [0.15, 0.2) is 0 Å². The number of amides is 2. The minimum atomic E-state index is -0.527. The highest BCUT2D eigenvalue weighted by atomic mass is 35.5. The molecule has 2 aromatic rings. The van der Waals surface area contributed by atoms with Gasteiger partial charge in [-0.05, 0) is 35.9 Å². The maximum atomic E-state index is 12.9. The van der Waals surface area contributed by atoms with E-state index >= 15 is 0 Å². The van der Waals surface area contributed by atoms with Crippen LogP contribution >= 0.6 is 23.2 Å². The number of halogens is 2. The van der Waals surface area contributed by atoms with Crippen LogP contribution in [0.3, 0.4) is 0 Å². The summed E-state index contributed by atoms with van der Waals surface area (Å²) in [4.78, 5) is 26.9. The molecule has 4 rings (SSSR count). The minimum absolute atomic E-state index is 0.236. The van der Waals surface area contributed by atoms with Gasteiger partial charge in [-0.1, -0.05) is 42.3 Å². The van der Waals surface area contributed by atoms with E-state index in [1.165, 1.54) is 4.90 Å². The molecule has 0 N–H and O–H groups in total. The van der Waals surface area contributed by atoms with Gasteiger partial charge in [-0.25, -0.2) is 4.90 Å². The number of benzene rings is 2. The third kappa shape index (κ3) is 2.20. The average molecular weight is 371 g/mol. The van der Waals surface area contributed by atoms with Gasteiger partial charge in [0.05, 0.1) is 29.2 Å². The fourth-order valence-electron chi connectivity index (χ4n) is 3.88. The summed E-state index contributed by atoms with van der Waals surface area (Å²) in [6.07, 6.45) is 0. The van der Waals surface area contributed by atoms with Crippen molar-refractivity contribution in [3.63, 3.8) is 0 Å². The minimum Gasteiger partial charge on any atom is -0.274 e. The topological polar surface area (TPSA) is 61.2 Å². The number of anilines is 1. The number of nitriles is 1. The first-order valence-corrected chi connectivity index (χ1v) is 8.48. The number of carbonyl (C=O) groups is 2. The Balaban J connectivity index is 1.68. The molecule has 3 atom stereocenters. The summed E-state index contributed by atoms with van der Waals surface area (Å²) >= 11 is 12.0. The van der Waals surface area contributed by atoms with E-state index in [4.69, 9.17) is 28.5 Å². The lowest BCUT2D eigenvalue weighted by atomic mass is 9.91. The number of piperidine rings is 1. The lowest BCUT2D eigenvalue weighted by Crippen LogP contribution is -2.38. The molecule has 1 aliphatic carbocycles. The van der Waals surface area contributed by atoms with Gasteiger partial charge in [0.25, 0.3) is 0 Å². The molecule has 6 heteroatoms. The SMILES string of the molecule is CC1(c2ccc(C#N)cc2)C2C(=O)N(c3cc(Cl)cc(Cl)c3)C(=O)[C@H]21. The number of hydrogen-bond donors (Lipinski definition) is 0. The number of nitrogens with zero attached hydrogens (tertiary/aromatic N) is 2. The van der Waals surface area contributed by atoms with E-state index in [9.17, 15) is 9.59 Å². The molecule has 0 aromatic heterocycles. The fraction of sp³-hybridized carbons (Fsp3) is 0.211. The molecule has 2 aliphatic rings. The van der Waals surface area contributed by atoms with Crippen molar-refractivity contribution in [2.75, 3.05) is 4.90 Å². The van der Waals surface area contributed by atoms with Crippen LogP contribution in [0.25, 0.3) is 0 Å². The highest BCUT2D eigenvalue weighted by Gasteiger charge is 2.75. The molecule has 0 bridgehead atoms. The van der Waals surface area contributed by atoms with Crippen LogP contribution in [0.5, 0.6) is 0 Å². The molecule has 0 spiro atoms. The van der Waals surface area contributed by atoms with Crippen molar-refractivity contribution in [2.24, 2.45) is 11.8 Å². The average Bonchev–Trinajstić information content (AvgIpc) is 3.11. The Bertz CT molecular complexity index is 920. The smallest absolute Gasteiger partial charge is 0.238 e. The standard InChI is InChI=1S/C19H12Cl2N2O2/c1-19(11-4-2-10(9-22)3-5-11)15-16(19)18(25)23(17(15)24)14-7-12(20)6-13(21)8-14/h2-8,15-16H,1H3/t15-,16?,19?/m0/s1. The lowest BCUT2D eigenvalue weighted by Gasteiger charge is -2.23. The zero-order chi connectivity index (χ0) is 17.9. The van der Waals surface area contributed by atoms with Gasteiger partial charge in [0.2, 0.25) is 11.8 Å². The molecule has 2 fully saturated rings. The highest BCUT2D eigenvalue weighted by molar-refractivity contribution is 6.36. The predicted octanol–water partition coefficient (Wildman–Crippen LogP) is 3.94. The molecule has 1 saturated carbocycles. The van der Waals surface area contributed by atoms with Gasteiger partial charge in [-0.2, -0.15) is 5.26 Å². The Morgan fingerprint density at radius 2 is 1.52 bits per heavy atom. The van der Waals surface area contributed by atoms with Crippen molar-refractivity contribution in [1.29, 1.82) is 5.26 Å². The predicted molar refractivity (Wildman–Crippen MR) is 94.4 cm³/mol. The summed E-state index contributed by atoms with van der Waals surface area (Å²) < 4.78 is 0. The van der Waals surface area contributed by atoms with Crippen LogP contribution in [-0.2, 0) is 15.0 Å². The zero-order valence-corrected chi connectivity index (χ0v) is 14.7. The van der Waals surface area contributed by atoms with E-state index in [0.29, 0.717) is 21.3 Å².